The molecule has 0 saturated heterocycles. The molecule has 4 rings (SSSR count). The van der Waals surface area contributed by atoms with Crippen LogP contribution in [0.5, 0.6) is 17.2 Å². The van der Waals surface area contributed by atoms with Crippen LogP contribution in [0.1, 0.15) is 30.9 Å². The predicted molar refractivity (Wildman–Crippen MR) is 131 cm³/mol. The van der Waals surface area contributed by atoms with Gasteiger partial charge in [0, 0.05) is 23.4 Å². The largest absolute Gasteiger partial charge is 0.497 e. The molecule has 0 atom stereocenters. The fraction of sp³-hybridized carbons (Fsp3) is 0.308. The first kappa shape index (κ1) is 24.7. The third-order valence-corrected chi connectivity index (χ3v) is 6.27. The summed E-state index contributed by atoms with van der Waals surface area (Å²) in [6.45, 7) is 4.40. The molecule has 9 heteroatoms. The van der Waals surface area contributed by atoms with Crippen LogP contribution in [-0.4, -0.2) is 44.0 Å². The molecule has 35 heavy (non-hydrogen) atoms. The Kier molecular flexibility index (Phi) is 7.65. The molecule has 0 amide bonds. The maximum absolute atomic E-state index is 13.2. The number of benzene rings is 2. The monoisotopic (exact) mass is 543 g/mol. The van der Waals surface area contributed by atoms with Crippen LogP contribution in [0.2, 0.25) is 0 Å². The molecular weight excluding hydrogens is 518 g/mol. The highest BCUT2D eigenvalue weighted by atomic mass is 79.9. The predicted octanol–water partition coefficient (Wildman–Crippen LogP) is 4.68. The number of carbonyl (C=O) groups is 2. The molecule has 2 aromatic rings. The van der Waals surface area contributed by atoms with Gasteiger partial charge in [0.1, 0.15) is 5.75 Å². The minimum Gasteiger partial charge on any atom is -0.497 e. The molecule has 8 nitrogen and oxygen atoms in total. The normalized spacial score (nSPS) is 14.8. The van der Waals surface area contributed by atoms with E-state index in [0.717, 1.165) is 11.3 Å². The molecule has 0 aromatic heterocycles. The van der Waals surface area contributed by atoms with E-state index in [1.165, 1.54) is 0 Å². The fourth-order valence-corrected chi connectivity index (χ4v) is 4.55. The molecule has 0 bridgehead atoms. The van der Waals surface area contributed by atoms with E-state index < -0.39 is 17.9 Å². The zero-order chi connectivity index (χ0) is 24.9. The van der Waals surface area contributed by atoms with Crippen molar-refractivity contribution in [1.29, 1.82) is 0 Å². The van der Waals surface area contributed by atoms with Gasteiger partial charge in [0.05, 0.1) is 37.4 Å². The maximum Gasteiger partial charge on any atom is 0.336 e. The molecule has 2 heterocycles. The van der Waals surface area contributed by atoms with E-state index in [2.05, 4.69) is 15.9 Å². The Morgan fingerprint density at radius 3 is 2.09 bits per heavy atom. The summed E-state index contributed by atoms with van der Waals surface area (Å²) in [4.78, 5) is 28.1. The number of rotatable bonds is 8. The highest BCUT2D eigenvalue weighted by Gasteiger charge is 2.37. The Labute approximate surface area is 212 Å². The van der Waals surface area contributed by atoms with Crippen molar-refractivity contribution in [2.75, 3.05) is 27.1 Å². The lowest BCUT2D eigenvalue weighted by molar-refractivity contribution is -0.139. The van der Waals surface area contributed by atoms with Gasteiger partial charge in [0.25, 0.3) is 0 Å². The summed E-state index contributed by atoms with van der Waals surface area (Å²) in [7, 11) is 1.61. The minimum absolute atomic E-state index is 0.104. The topological polar surface area (TPSA) is 83.5 Å². The van der Waals surface area contributed by atoms with Crippen LogP contribution < -0.4 is 14.2 Å². The van der Waals surface area contributed by atoms with Gasteiger partial charge in [-0.15, -0.1) is 0 Å². The number of carbonyl (C=O) groups excluding carboxylic acids is 2. The van der Waals surface area contributed by atoms with Gasteiger partial charge in [-0.05, 0) is 49.2 Å². The Morgan fingerprint density at radius 1 is 0.971 bits per heavy atom. The van der Waals surface area contributed by atoms with E-state index in [1.54, 1.807) is 50.4 Å². The average Bonchev–Trinajstić information content (AvgIpc) is 3.31. The van der Waals surface area contributed by atoms with Crippen molar-refractivity contribution < 1.29 is 33.3 Å². The standard InChI is InChI=1S/C26H26BrNO7/c1-4-32-25(29)19-13-28(12-16-6-8-17(31-3)9-7-16)14-20(26(30)33-5-2)24(19)18-10-22-23(11-21(18)27)35-15-34-22/h6-11,13-14,24H,4-5,12,15H2,1-3H3. The van der Waals surface area contributed by atoms with Crippen molar-refractivity contribution >= 4 is 27.9 Å². The second kappa shape index (κ2) is 10.9. The second-order valence-electron chi connectivity index (χ2n) is 7.79. The van der Waals surface area contributed by atoms with Crippen LogP contribution in [-0.2, 0) is 25.6 Å². The molecule has 0 spiro atoms. The van der Waals surface area contributed by atoms with Crippen molar-refractivity contribution in [3.05, 3.63) is 75.5 Å². The number of halogens is 1. The van der Waals surface area contributed by atoms with Crippen LogP contribution >= 0.6 is 15.9 Å². The van der Waals surface area contributed by atoms with Crippen LogP contribution in [0.15, 0.2) is 64.4 Å². The Morgan fingerprint density at radius 2 is 1.54 bits per heavy atom. The summed E-state index contributed by atoms with van der Waals surface area (Å²) >= 11 is 3.58. The first-order chi connectivity index (χ1) is 16.9. The van der Waals surface area contributed by atoms with Gasteiger partial charge in [-0.1, -0.05) is 28.1 Å². The van der Waals surface area contributed by atoms with Crippen molar-refractivity contribution in [2.24, 2.45) is 0 Å². The number of nitrogens with zero attached hydrogens (tertiary/aromatic N) is 1. The van der Waals surface area contributed by atoms with Gasteiger partial charge >= 0.3 is 11.9 Å². The molecule has 0 unspecified atom stereocenters. The van der Waals surface area contributed by atoms with Crippen molar-refractivity contribution in [3.63, 3.8) is 0 Å². The first-order valence-electron chi connectivity index (χ1n) is 11.2. The molecule has 0 radical (unpaired) electrons. The third-order valence-electron chi connectivity index (χ3n) is 5.58. The summed E-state index contributed by atoms with van der Waals surface area (Å²) < 4.78 is 27.7. The number of hydrogen-bond acceptors (Lipinski definition) is 8. The quantitative estimate of drug-likeness (QED) is 0.444. The van der Waals surface area contributed by atoms with E-state index in [1.807, 2.05) is 24.3 Å². The average molecular weight is 544 g/mol. The van der Waals surface area contributed by atoms with Crippen LogP contribution in [0.4, 0.5) is 0 Å². The molecule has 0 N–H and O–H groups in total. The molecule has 2 aliphatic heterocycles. The summed E-state index contributed by atoms with van der Waals surface area (Å²) in [5.41, 5.74) is 2.25. The van der Waals surface area contributed by atoms with Crippen LogP contribution in [0, 0.1) is 0 Å². The number of hydrogen-bond donors (Lipinski definition) is 0. The summed E-state index contributed by atoms with van der Waals surface area (Å²) in [6.07, 6.45) is 3.43. The molecule has 0 saturated carbocycles. The summed E-state index contributed by atoms with van der Waals surface area (Å²) in [5.74, 6) is 0.0966. The van der Waals surface area contributed by atoms with Crippen molar-refractivity contribution in [3.8, 4) is 17.2 Å². The molecule has 0 fully saturated rings. The Balaban J connectivity index is 1.79. The van der Waals surface area contributed by atoms with Gasteiger partial charge in [-0.3, -0.25) is 0 Å². The number of methoxy groups -OCH3 is 1. The third kappa shape index (κ3) is 5.30. The van der Waals surface area contributed by atoms with Gasteiger partial charge in [-0.2, -0.15) is 0 Å². The molecule has 2 aromatic carbocycles. The van der Waals surface area contributed by atoms with Gasteiger partial charge in [0.15, 0.2) is 11.5 Å². The SMILES string of the molecule is CCOC(=O)C1=CN(Cc2ccc(OC)cc2)C=C(C(=O)OCC)C1c1cc2c(cc1Br)OCO2. The van der Waals surface area contributed by atoms with Crippen LogP contribution in [0.3, 0.4) is 0 Å². The fourth-order valence-electron chi connectivity index (χ4n) is 4.00. The molecule has 0 aliphatic carbocycles. The van der Waals surface area contributed by atoms with Crippen LogP contribution in [0.25, 0.3) is 0 Å². The lowest BCUT2D eigenvalue weighted by Crippen LogP contribution is -2.29. The van der Waals surface area contributed by atoms with E-state index in [9.17, 15) is 9.59 Å². The number of esters is 2. The molecular formula is C26H26BrNO7. The summed E-state index contributed by atoms with van der Waals surface area (Å²) in [6, 6.07) is 11.1. The zero-order valence-electron chi connectivity index (χ0n) is 19.7. The van der Waals surface area contributed by atoms with Crippen molar-refractivity contribution in [2.45, 2.75) is 26.3 Å². The number of ether oxygens (including phenoxy) is 5. The Hall–Kier alpha value is -3.46. The first-order valence-corrected chi connectivity index (χ1v) is 12.0. The Bertz CT molecular complexity index is 1140. The smallest absolute Gasteiger partial charge is 0.336 e. The van der Waals surface area contributed by atoms with E-state index in [4.69, 9.17) is 23.7 Å². The van der Waals surface area contributed by atoms with E-state index >= 15 is 0 Å². The van der Waals surface area contributed by atoms with Gasteiger partial charge < -0.3 is 28.6 Å². The number of fused-ring (bicyclic) bond motifs is 1. The van der Waals surface area contributed by atoms with Crippen molar-refractivity contribution in [1.82, 2.24) is 4.90 Å². The highest BCUT2D eigenvalue weighted by Crippen LogP contribution is 2.45. The summed E-state index contributed by atoms with van der Waals surface area (Å²) in [5, 5.41) is 0. The van der Waals surface area contributed by atoms with Gasteiger partial charge in [-0.25, -0.2) is 9.59 Å². The second-order valence-corrected chi connectivity index (χ2v) is 8.64. The minimum atomic E-state index is -0.732. The molecule has 184 valence electrons. The highest BCUT2D eigenvalue weighted by molar-refractivity contribution is 9.10. The van der Waals surface area contributed by atoms with Gasteiger partial charge in [0.2, 0.25) is 6.79 Å². The molecule has 2 aliphatic rings. The lowest BCUT2D eigenvalue weighted by Gasteiger charge is -2.31. The van der Waals surface area contributed by atoms with E-state index in [0.29, 0.717) is 39.2 Å². The maximum atomic E-state index is 13.2. The van der Waals surface area contributed by atoms with E-state index in [-0.39, 0.29) is 20.0 Å². The zero-order valence-corrected chi connectivity index (χ0v) is 21.3. The lowest BCUT2D eigenvalue weighted by atomic mass is 9.83.